The Hall–Kier alpha value is -2.36. The van der Waals surface area contributed by atoms with Crippen LogP contribution in [0.1, 0.15) is 11.1 Å². The molecule has 0 aliphatic carbocycles. The van der Waals surface area contributed by atoms with Crippen LogP contribution in [0.4, 0.5) is 11.4 Å². The maximum absolute atomic E-state index is 5.86. The molecule has 1 aliphatic heterocycles. The molecule has 3 rings (SSSR count). The number of hydrogen-bond donors (Lipinski definition) is 2. The van der Waals surface area contributed by atoms with E-state index in [1.165, 1.54) is 0 Å². The summed E-state index contributed by atoms with van der Waals surface area (Å²) in [4.78, 5) is 0. The lowest BCUT2D eigenvalue weighted by Gasteiger charge is -2.22. The minimum atomic E-state index is 0.634. The van der Waals surface area contributed by atoms with Crippen molar-refractivity contribution in [2.45, 2.75) is 13.8 Å². The Labute approximate surface area is 105 Å². The highest BCUT2D eigenvalue weighted by Gasteiger charge is 2.20. The van der Waals surface area contributed by atoms with E-state index in [9.17, 15) is 0 Å². The van der Waals surface area contributed by atoms with Crippen molar-refractivity contribution in [1.29, 1.82) is 0 Å². The molecule has 0 spiro atoms. The number of rotatable bonds is 0. The Bertz CT molecular complexity index is 539. The number of nitrogens with two attached hydrogens (primary N) is 2. The molecule has 0 amide bonds. The molecule has 1 heterocycles. The largest absolute Gasteiger partial charge is 0.449 e. The molecule has 0 unspecified atom stereocenters. The summed E-state index contributed by atoms with van der Waals surface area (Å²) in [6.07, 6.45) is 0. The van der Waals surface area contributed by atoms with E-state index in [4.69, 9.17) is 20.9 Å². The standard InChI is InChI=1S/C14H14N2O2/c1-7-3-11-13(5-9(7)15)18-12-4-8(2)10(16)6-14(12)17-11/h3-6H,15-16H2,1-2H3. The average molecular weight is 242 g/mol. The minimum Gasteiger partial charge on any atom is -0.449 e. The third-order valence-corrected chi connectivity index (χ3v) is 3.10. The van der Waals surface area contributed by atoms with Crippen molar-refractivity contribution >= 4 is 11.4 Å². The summed E-state index contributed by atoms with van der Waals surface area (Å²) >= 11 is 0. The molecule has 0 saturated heterocycles. The molecule has 0 atom stereocenters. The summed E-state index contributed by atoms with van der Waals surface area (Å²) in [6.45, 7) is 3.86. The number of hydrogen-bond acceptors (Lipinski definition) is 4. The number of aryl methyl sites for hydroxylation is 2. The lowest BCUT2D eigenvalue weighted by atomic mass is 10.1. The van der Waals surface area contributed by atoms with Crippen molar-refractivity contribution in [3.63, 3.8) is 0 Å². The first kappa shape index (κ1) is 10.8. The molecule has 18 heavy (non-hydrogen) atoms. The molecule has 0 bridgehead atoms. The summed E-state index contributed by atoms with van der Waals surface area (Å²) in [5, 5.41) is 0. The van der Waals surface area contributed by atoms with E-state index in [1.54, 1.807) is 12.1 Å². The minimum absolute atomic E-state index is 0.634. The van der Waals surface area contributed by atoms with Crippen molar-refractivity contribution in [3.8, 4) is 23.0 Å². The predicted octanol–water partition coefficient (Wildman–Crippen LogP) is 3.37. The van der Waals surface area contributed by atoms with E-state index in [0.29, 0.717) is 34.4 Å². The van der Waals surface area contributed by atoms with Gasteiger partial charge in [0.05, 0.1) is 0 Å². The Morgan fingerprint density at radius 3 is 1.39 bits per heavy atom. The molecule has 0 radical (unpaired) electrons. The first-order valence-corrected chi connectivity index (χ1v) is 5.70. The van der Waals surface area contributed by atoms with Gasteiger partial charge in [-0.1, -0.05) is 0 Å². The van der Waals surface area contributed by atoms with Crippen LogP contribution in [0.25, 0.3) is 0 Å². The van der Waals surface area contributed by atoms with Crippen LogP contribution in [0.3, 0.4) is 0 Å². The predicted molar refractivity (Wildman–Crippen MR) is 71.3 cm³/mol. The van der Waals surface area contributed by atoms with Crippen molar-refractivity contribution in [2.75, 3.05) is 11.5 Å². The lowest BCUT2D eigenvalue weighted by molar-refractivity contribution is 0.359. The van der Waals surface area contributed by atoms with Gasteiger partial charge in [0.1, 0.15) is 0 Å². The van der Waals surface area contributed by atoms with Crippen LogP contribution >= 0.6 is 0 Å². The average Bonchev–Trinajstić information content (AvgIpc) is 2.31. The van der Waals surface area contributed by atoms with E-state index < -0.39 is 0 Å². The van der Waals surface area contributed by atoms with Gasteiger partial charge in [0.2, 0.25) is 0 Å². The van der Waals surface area contributed by atoms with Gasteiger partial charge in [0, 0.05) is 23.5 Å². The third kappa shape index (κ3) is 1.54. The molecule has 1 aliphatic rings. The van der Waals surface area contributed by atoms with Crippen LogP contribution in [-0.2, 0) is 0 Å². The van der Waals surface area contributed by atoms with Crippen LogP contribution in [0.15, 0.2) is 24.3 Å². The summed E-state index contributed by atoms with van der Waals surface area (Å²) < 4.78 is 11.6. The molecule has 0 aromatic heterocycles. The molecule has 4 heteroatoms. The SMILES string of the molecule is Cc1cc2c(cc1N)Oc1cc(C)c(N)cc1O2. The Morgan fingerprint density at radius 2 is 1.00 bits per heavy atom. The van der Waals surface area contributed by atoms with Crippen molar-refractivity contribution in [3.05, 3.63) is 35.4 Å². The number of benzene rings is 2. The molecule has 92 valence electrons. The zero-order valence-corrected chi connectivity index (χ0v) is 10.3. The molecule has 0 saturated carbocycles. The van der Waals surface area contributed by atoms with E-state index in [0.717, 1.165) is 11.1 Å². The monoisotopic (exact) mass is 242 g/mol. The molecule has 2 aromatic carbocycles. The molecule has 4 N–H and O–H groups in total. The number of fused-ring (bicyclic) bond motifs is 2. The Kier molecular flexibility index (Phi) is 2.13. The van der Waals surface area contributed by atoms with E-state index in [2.05, 4.69) is 0 Å². The van der Waals surface area contributed by atoms with Crippen LogP contribution in [0.5, 0.6) is 23.0 Å². The van der Waals surface area contributed by atoms with E-state index >= 15 is 0 Å². The second kappa shape index (κ2) is 3.57. The molecule has 0 fully saturated rings. The third-order valence-electron chi connectivity index (χ3n) is 3.10. The van der Waals surface area contributed by atoms with Crippen LogP contribution in [-0.4, -0.2) is 0 Å². The highest BCUT2D eigenvalue weighted by atomic mass is 16.6. The van der Waals surface area contributed by atoms with E-state index in [-0.39, 0.29) is 0 Å². The van der Waals surface area contributed by atoms with E-state index in [1.807, 2.05) is 26.0 Å². The van der Waals surface area contributed by atoms with Crippen LogP contribution in [0.2, 0.25) is 0 Å². The highest BCUT2D eigenvalue weighted by Crippen LogP contribution is 2.47. The zero-order chi connectivity index (χ0) is 12.9. The van der Waals surface area contributed by atoms with Gasteiger partial charge in [0.25, 0.3) is 0 Å². The number of ether oxygens (including phenoxy) is 2. The molecular weight excluding hydrogens is 228 g/mol. The Balaban J connectivity index is 2.12. The second-order valence-electron chi connectivity index (χ2n) is 4.52. The van der Waals surface area contributed by atoms with Crippen molar-refractivity contribution < 1.29 is 9.47 Å². The smallest absolute Gasteiger partial charge is 0.172 e. The van der Waals surface area contributed by atoms with Gasteiger partial charge in [-0.15, -0.1) is 0 Å². The summed E-state index contributed by atoms with van der Waals surface area (Å²) in [7, 11) is 0. The Morgan fingerprint density at radius 1 is 0.667 bits per heavy atom. The summed E-state index contributed by atoms with van der Waals surface area (Å²) in [6, 6.07) is 7.28. The maximum Gasteiger partial charge on any atom is 0.172 e. The van der Waals surface area contributed by atoms with Gasteiger partial charge in [-0.3, -0.25) is 0 Å². The fourth-order valence-corrected chi connectivity index (χ4v) is 1.91. The van der Waals surface area contributed by atoms with Crippen molar-refractivity contribution in [1.82, 2.24) is 0 Å². The molecule has 4 nitrogen and oxygen atoms in total. The van der Waals surface area contributed by atoms with Crippen molar-refractivity contribution in [2.24, 2.45) is 0 Å². The number of nitrogen functional groups attached to an aromatic ring is 2. The normalized spacial score (nSPS) is 12.1. The van der Waals surface area contributed by atoms with Gasteiger partial charge in [-0.25, -0.2) is 0 Å². The van der Waals surface area contributed by atoms with Gasteiger partial charge < -0.3 is 20.9 Å². The maximum atomic E-state index is 5.86. The van der Waals surface area contributed by atoms with Crippen LogP contribution < -0.4 is 20.9 Å². The summed E-state index contributed by atoms with van der Waals surface area (Å²) in [5.41, 5.74) is 15.0. The quantitative estimate of drug-likeness (QED) is 0.593. The van der Waals surface area contributed by atoms with Gasteiger partial charge in [0.15, 0.2) is 23.0 Å². The molecular formula is C14H14N2O2. The second-order valence-corrected chi connectivity index (χ2v) is 4.52. The fourth-order valence-electron chi connectivity index (χ4n) is 1.91. The topological polar surface area (TPSA) is 70.5 Å². The summed E-state index contributed by atoms with van der Waals surface area (Å²) in [5.74, 6) is 2.60. The van der Waals surface area contributed by atoms with Gasteiger partial charge in [-0.05, 0) is 37.1 Å². The van der Waals surface area contributed by atoms with Gasteiger partial charge >= 0.3 is 0 Å². The fraction of sp³-hybridized carbons (Fsp3) is 0.143. The first-order chi connectivity index (χ1) is 8.54. The first-order valence-electron chi connectivity index (χ1n) is 5.70. The lowest BCUT2D eigenvalue weighted by Crippen LogP contribution is -2.02. The van der Waals surface area contributed by atoms with Gasteiger partial charge in [-0.2, -0.15) is 0 Å². The molecule has 2 aromatic rings. The number of anilines is 2. The van der Waals surface area contributed by atoms with Crippen LogP contribution in [0, 0.1) is 13.8 Å². The zero-order valence-electron chi connectivity index (χ0n) is 10.3. The highest BCUT2D eigenvalue weighted by molar-refractivity contribution is 5.65.